The molecule has 162 valence electrons. The second-order valence-corrected chi connectivity index (χ2v) is 6.89. The minimum atomic E-state index is -5.87. The molecule has 0 bridgehead atoms. The Morgan fingerprint density at radius 3 is 2.39 bits per heavy atom. The van der Waals surface area contributed by atoms with E-state index in [-0.39, 0.29) is 0 Å². The maximum Gasteiger partial charge on any atom is 0.459 e. The van der Waals surface area contributed by atoms with Gasteiger partial charge in [-0.1, -0.05) is 18.2 Å². The zero-order valence-electron chi connectivity index (χ0n) is 15.5. The lowest BCUT2D eigenvalue weighted by Gasteiger charge is -2.24. The molecule has 0 fully saturated rings. The molecule has 0 amide bonds. The first-order valence-corrected chi connectivity index (χ1v) is 8.94. The van der Waals surface area contributed by atoms with E-state index in [1.54, 1.807) is 24.4 Å². The molecule has 4 rings (SSSR count). The van der Waals surface area contributed by atoms with Gasteiger partial charge in [0.05, 0.1) is 17.9 Å². The number of rotatable bonds is 4. The quantitative estimate of drug-likeness (QED) is 0.515. The Kier molecular flexibility index (Phi) is 4.98. The summed E-state index contributed by atoms with van der Waals surface area (Å²) in [7, 11) is 0. The van der Waals surface area contributed by atoms with E-state index in [0.717, 1.165) is 17.1 Å². The summed E-state index contributed by atoms with van der Waals surface area (Å²) in [5.74, 6) is -7.28. The summed E-state index contributed by atoms with van der Waals surface area (Å²) in [5, 5.41) is 10.6. The number of nitrogens with one attached hydrogen (secondary N) is 1. The predicted octanol–water partition coefficient (Wildman–Crippen LogP) is 5.86. The van der Waals surface area contributed by atoms with Crippen molar-refractivity contribution in [1.82, 2.24) is 10.2 Å². The minimum absolute atomic E-state index is 0.319. The average molecular weight is 442 g/mol. The number of benzene rings is 2. The summed E-state index contributed by atoms with van der Waals surface area (Å²) in [5.41, 5.74) is -0.294. The molecule has 11 heteroatoms. The van der Waals surface area contributed by atoms with Gasteiger partial charge in [0.15, 0.2) is 5.82 Å². The van der Waals surface area contributed by atoms with E-state index < -0.39 is 47.6 Å². The van der Waals surface area contributed by atoms with Crippen molar-refractivity contribution >= 4 is 11.4 Å². The van der Waals surface area contributed by atoms with Crippen molar-refractivity contribution in [2.45, 2.75) is 24.6 Å². The number of hydrogen-bond acceptors (Lipinski definition) is 3. The van der Waals surface area contributed by atoms with Crippen LogP contribution >= 0.6 is 0 Å². The smallest absolute Gasteiger partial charge is 0.285 e. The molecule has 1 aliphatic rings. The van der Waals surface area contributed by atoms with E-state index in [4.69, 9.17) is 0 Å². The molecule has 31 heavy (non-hydrogen) atoms. The number of halogens is 7. The molecule has 1 aliphatic heterocycles. The molecule has 1 unspecified atom stereocenters. The molecule has 0 saturated carbocycles. The molecule has 1 atom stereocenters. The van der Waals surface area contributed by atoms with E-state index in [9.17, 15) is 30.7 Å². The van der Waals surface area contributed by atoms with Crippen LogP contribution in [-0.2, 0) is 0 Å². The van der Waals surface area contributed by atoms with E-state index in [1.807, 2.05) is 0 Å². The zero-order valence-corrected chi connectivity index (χ0v) is 15.5. The zero-order chi connectivity index (χ0) is 22.4. The van der Waals surface area contributed by atoms with Crippen LogP contribution in [0.4, 0.5) is 36.4 Å². The third-order valence-corrected chi connectivity index (χ3v) is 4.89. The molecule has 0 radical (unpaired) electrons. The first-order chi connectivity index (χ1) is 14.6. The molecule has 1 N–H and O–H groups in total. The van der Waals surface area contributed by atoms with E-state index in [1.165, 1.54) is 12.3 Å². The number of hydrazone groups is 1. The lowest BCUT2D eigenvalue weighted by molar-refractivity contribution is -0.249. The van der Waals surface area contributed by atoms with Crippen LogP contribution < -0.4 is 5.01 Å². The Labute approximate surface area is 171 Å². The largest absolute Gasteiger partial charge is 0.459 e. The summed E-state index contributed by atoms with van der Waals surface area (Å²) in [6.07, 6.45) is -3.60. The fourth-order valence-corrected chi connectivity index (χ4v) is 3.35. The topological polar surface area (TPSA) is 44.3 Å². The summed E-state index contributed by atoms with van der Waals surface area (Å²) >= 11 is 0. The number of alkyl halides is 5. The van der Waals surface area contributed by atoms with E-state index in [0.29, 0.717) is 22.8 Å². The van der Waals surface area contributed by atoms with Crippen LogP contribution in [0.1, 0.15) is 18.0 Å². The van der Waals surface area contributed by atoms with Gasteiger partial charge < -0.3 is 0 Å². The van der Waals surface area contributed by atoms with Gasteiger partial charge in [-0.25, -0.2) is 8.78 Å². The number of aromatic nitrogens is 2. The number of nitrogens with zero attached hydrogens (tertiary/aromatic N) is 3. The third-order valence-electron chi connectivity index (χ3n) is 4.89. The fourth-order valence-electron chi connectivity index (χ4n) is 3.35. The van der Waals surface area contributed by atoms with Crippen LogP contribution in [0.2, 0.25) is 0 Å². The van der Waals surface area contributed by atoms with Crippen molar-refractivity contribution in [3.8, 4) is 11.1 Å². The highest BCUT2D eigenvalue weighted by molar-refractivity contribution is 5.95. The van der Waals surface area contributed by atoms with Crippen LogP contribution in [0.15, 0.2) is 60.0 Å². The number of H-pyrrole nitrogens is 1. The Bertz CT molecular complexity index is 1120. The standard InChI is InChI=1S/C20H13F7N4/c21-14-4-5-16(15(22)7-14)31-17(8-18(30-31)19(23,24)20(25,26)27)12-3-1-2-11(6-12)13-9-28-29-10-13/h1-7,9-10,17H,8H2,(H,28,29). The lowest BCUT2D eigenvalue weighted by atomic mass is 9.96. The van der Waals surface area contributed by atoms with Crippen molar-refractivity contribution in [2.75, 3.05) is 5.01 Å². The first-order valence-electron chi connectivity index (χ1n) is 8.94. The number of aromatic amines is 1. The van der Waals surface area contributed by atoms with Crippen molar-refractivity contribution in [3.63, 3.8) is 0 Å². The Hall–Kier alpha value is -3.37. The van der Waals surface area contributed by atoms with Gasteiger partial charge in [0.2, 0.25) is 0 Å². The van der Waals surface area contributed by atoms with Crippen LogP contribution in [0.5, 0.6) is 0 Å². The highest BCUT2D eigenvalue weighted by Gasteiger charge is 2.62. The Balaban J connectivity index is 1.80. The van der Waals surface area contributed by atoms with Gasteiger partial charge in [0, 0.05) is 24.2 Å². The number of anilines is 1. The summed E-state index contributed by atoms with van der Waals surface area (Å²) in [4.78, 5) is 0. The highest BCUT2D eigenvalue weighted by Crippen LogP contribution is 2.45. The van der Waals surface area contributed by atoms with Gasteiger partial charge in [0.25, 0.3) is 0 Å². The molecule has 2 aromatic carbocycles. The van der Waals surface area contributed by atoms with Crippen LogP contribution in [0, 0.1) is 11.6 Å². The maximum atomic E-state index is 14.4. The van der Waals surface area contributed by atoms with Gasteiger partial charge in [-0.15, -0.1) is 0 Å². The third kappa shape index (κ3) is 3.75. The van der Waals surface area contributed by atoms with Gasteiger partial charge in [-0.05, 0) is 29.3 Å². The minimum Gasteiger partial charge on any atom is -0.285 e. The predicted molar refractivity (Wildman–Crippen MR) is 98.7 cm³/mol. The average Bonchev–Trinajstić information content (AvgIpc) is 3.38. The summed E-state index contributed by atoms with van der Waals surface area (Å²) < 4.78 is 94.6. The molecule has 2 heterocycles. The molecule has 0 saturated heterocycles. The number of hydrogen-bond donors (Lipinski definition) is 1. The van der Waals surface area contributed by atoms with Crippen molar-refractivity contribution in [1.29, 1.82) is 0 Å². The fraction of sp³-hybridized carbons (Fsp3) is 0.200. The van der Waals surface area contributed by atoms with Crippen LogP contribution in [0.3, 0.4) is 0 Å². The molecule has 0 spiro atoms. The maximum absolute atomic E-state index is 14.4. The Morgan fingerprint density at radius 2 is 1.74 bits per heavy atom. The molecular weight excluding hydrogens is 429 g/mol. The van der Waals surface area contributed by atoms with Crippen molar-refractivity contribution < 1.29 is 30.7 Å². The van der Waals surface area contributed by atoms with Crippen LogP contribution in [-0.4, -0.2) is 28.0 Å². The Morgan fingerprint density at radius 1 is 0.968 bits per heavy atom. The monoisotopic (exact) mass is 442 g/mol. The summed E-state index contributed by atoms with van der Waals surface area (Å²) in [6.45, 7) is 0. The second kappa shape index (κ2) is 7.40. The molecule has 4 nitrogen and oxygen atoms in total. The highest BCUT2D eigenvalue weighted by atomic mass is 19.4. The van der Waals surface area contributed by atoms with E-state index in [2.05, 4.69) is 15.3 Å². The second-order valence-electron chi connectivity index (χ2n) is 6.89. The van der Waals surface area contributed by atoms with Gasteiger partial charge in [-0.2, -0.15) is 32.2 Å². The van der Waals surface area contributed by atoms with Gasteiger partial charge in [0.1, 0.15) is 11.5 Å². The van der Waals surface area contributed by atoms with E-state index >= 15 is 0 Å². The molecule has 1 aromatic heterocycles. The first kappa shape index (κ1) is 20.9. The van der Waals surface area contributed by atoms with Crippen molar-refractivity contribution in [2.24, 2.45) is 5.10 Å². The van der Waals surface area contributed by atoms with Gasteiger partial charge in [-0.3, -0.25) is 10.1 Å². The van der Waals surface area contributed by atoms with Gasteiger partial charge >= 0.3 is 12.1 Å². The van der Waals surface area contributed by atoms with Crippen LogP contribution in [0.25, 0.3) is 11.1 Å². The molecule has 3 aromatic rings. The lowest BCUT2D eigenvalue weighted by Crippen LogP contribution is -2.43. The molecular formula is C20H13F7N4. The van der Waals surface area contributed by atoms with Crippen molar-refractivity contribution in [3.05, 3.63) is 72.1 Å². The SMILES string of the molecule is Fc1ccc(N2N=C(C(F)(F)C(F)(F)F)CC2c2cccc(-c3cn[nH]c3)c2)c(F)c1. The normalized spacial score (nSPS) is 17.2. The summed E-state index contributed by atoms with van der Waals surface area (Å²) in [6, 6.07) is 7.48. The molecule has 0 aliphatic carbocycles.